The first kappa shape index (κ1) is 14.9. The molecule has 1 amide bonds. The number of carbonyl (C=O) groups excluding carboxylic acids is 1. The van der Waals surface area contributed by atoms with Gasteiger partial charge in [0.15, 0.2) is 0 Å². The van der Waals surface area contributed by atoms with Gasteiger partial charge >= 0.3 is 0 Å². The molecule has 0 aliphatic rings. The average Bonchev–Trinajstić information content (AvgIpc) is 2.90. The summed E-state index contributed by atoms with van der Waals surface area (Å²) >= 11 is 0. The fourth-order valence-corrected chi connectivity index (χ4v) is 1.96. The van der Waals surface area contributed by atoms with Gasteiger partial charge in [0.05, 0.1) is 6.26 Å². The van der Waals surface area contributed by atoms with Crippen molar-refractivity contribution in [2.24, 2.45) is 0 Å². The molecule has 1 heterocycles. The zero-order valence-electron chi connectivity index (χ0n) is 12.1. The van der Waals surface area contributed by atoms with Crippen molar-refractivity contribution >= 4 is 5.91 Å². The van der Waals surface area contributed by atoms with Crippen LogP contribution in [0.4, 0.5) is 0 Å². The van der Waals surface area contributed by atoms with E-state index < -0.39 is 0 Å². The molecule has 0 saturated heterocycles. The number of rotatable bonds is 3. The summed E-state index contributed by atoms with van der Waals surface area (Å²) in [7, 11) is 1.76. The molecule has 0 atom stereocenters. The molecule has 0 radical (unpaired) electrons. The number of nitrogens with zero attached hydrogens (tertiary/aromatic N) is 1. The quantitative estimate of drug-likeness (QED) is 0.879. The topological polar surface area (TPSA) is 53.7 Å². The minimum atomic E-state index is -0.173. The van der Waals surface area contributed by atoms with E-state index in [-0.39, 0.29) is 12.5 Å². The molecule has 0 saturated carbocycles. The van der Waals surface area contributed by atoms with Crippen molar-refractivity contribution in [1.29, 1.82) is 0 Å². The summed E-state index contributed by atoms with van der Waals surface area (Å²) in [6, 6.07) is 8.89. The van der Waals surface area contributed by atoms with E-state index in [0.717, 1.165) is 16.9 Å². The van der Waals surface area contributed by atoms with Crippen LogP contribution in [0.15, 0.2) is 41.0 Å². The first-order valence-corrected chi connectivity index (χ1v) is 6.60. The van der Waals surface area contributed by atoms with Gasteiger partial charge in [-0.25, -0.2) is 0 Å². The Morgan fingerprint density at radius 2 is 2.00 bits per heavy atom. The molecule has 0 aliphatic carbocycles. The van der Waals surface area contributed by atoms with Gasteiger partial charge in [-0.15, -0.1) is 0 Å². The van der Waals surface area contributed by atoms with Crippen LogP contribution in [-0.4, -0.2) is 29.6 Å². The summed E-state index contributed by atoms with van der Waals surface area (Å²) in [4.78, 5) is 14.0. The Morgan fingerprint density at radius 3 is 2.57 bits per heavy atom. The van der Waals surface area contributed by atoms with Crippen LogP contribution in [0, 0.1) is 18.8 Å². The van der Waals surface area contributed by atoms with Gasteiger partial charge in [0.25, 0.3) is 5.91 Å². The first-order valence-electron chi connectivity index (χ1n) is 6.60. The zero-order chi connectivity index (χ0) is 15.2. The van der Waals surface area contributed by atoms with Gasteiger partial charge in [-0.1, -0.05) is 11.8 Å². The minimum absolute atomic E-state index is 0.0581. The lowest BCUT2D eigenvalue weighted by atomic mass is 10.1. The molecular formula is C17H17NO3. The van der Waals surface area contributed by atoms with E-state index in [2.05, 4.69) is 11.8 Å². The summed E-state index contributed by atoms with van der Waals surface area (Å²) < 4.78 is 5.23. The van der Waals surface area contributed by atoms with Crippen LogP contribution in [0.25, 0.3) is 0 Å². The van der Waals surface area contributed by atoms with E-state index in [4.69, 9.17) is 9.52 Å². The Balaban J connectivity index is 2.07. The molecule has 4 heteroatoms. The van der Waals surface area contributed by atoms with Crippen LogP contribution < -0.4 is 0 Å². The summed E-state index contributed by atoms with van der Waals surface area (Å²) in [6.45, 7) is 2.21. The van der Waals surface area contributed by atoms with Crippen molar-refractivity contribution in [1.82, 2.24) is 4.90 Å². The second kappa shape index (κ2) is 6.78. The van der Waals surface area contributed by atoms with Gasteiger partial charge in [-0.2, -0.15) is 0 Å². The number of hydrogen-bond donors (Lipinski definition) is 1. The Labute approximate surface area is 124 Å². The normalized spacial score (nSPS) is 9.86. The highest BCUT2D eigenvalue weighted by molar-refractivity contribution is 5.94. The van der Waals surface area contributed by atoms with Crippen LogP contribution in [0.2, 0.25) is 0 Å². The molecule has 1 aromatic heterocycles. The molecule has 1 aromatic carbocycles. The number of aliphatic hydroxyl groups excluding tert-OH is 1. The lowest BCUT2D eigenvalue weighted by Crippen LogP contribution is -2.26. The maximum absolute atomic E-state index is 12.3. The van der Waals surface area contributed by atoms with Gasteiger partial charge < -0.3 is 14.4 Å². The molecule has 0 bridgehead atoms. The molecule has 0 spiro atoms. The highest BCUT2D eigenvalue weighted by Gasteiger charge is 2.13. The molecule has 108 valence electrons. The number of carbonyl (C=O) groups is 1. The number of benzene rings is 1. The fourth-order valence-electron chi connectivity index (χ4n) is 1.96. The number of aliphatic hydroxyl groups is 1. The molecule has 4 nitrogen and oxygen atoms in total. The standard InChI is InChI=1S/C17H17NO3/c1-13-16(9-11-21-13)12-18(2)17(20)15-7-5-14(6-8-15)4-3-10-19/h5-9,11,19H,10,12H2,1-2H3. The lowest BCUT2D eigenvalue weighted by Gasteiger charge is -2.16. The van der Waals surface area contributed by atoms with Crippen LogP contribution in [0.3, 0.4) is 0 Å². The van der Waals surface area contributed by atoms with Gasteiger partial charge in [0.2, 0.25) is 0 Å². The third-order valence-corrected chi connectivity index (χ3v) is 3.16. The Morgan fingerprint density at radius 1 is 1.29 bits per heavy atom. The maximum atomic E-state index is 12.3. The van der Waals surface area contributed by atoms with E-state index in [0.29, 0.717) is 12.1 Å². The molecule has 0 aliphatic heterocycles. The first-order chi connectivity index (χ1) is 10.1. The van der Waals surface area contributed by atoms with Crippen molar-refractivity contribution in [3.8, 4) is 11.8 Å². The molecule has 2 aromatic rings. The Bertz CT molecular complexity index is 674. The van der Waals surface area contributed by atoms with Crippen LogP contribution >= 0.6 is 0 Å². The molecular weight excluding hydrogens is 266 g/mol. The van der Waals surface area contributed by atoms with Crippen LogP contribution in [0.5, 0.6) is 0 Å². The van der Waals surface area contributed by atoms with Crippen molar-refractivity contribution in [2.45, 2.75) is 13.5 Å². The predicted molar refractivity (Wildman–Crippen MR) is 79.6 cm³/mol. The monoisotopic (exact) mass is 283 g/mol. The van der Waals surface area contributed by atoms with E-state index in [9.17, 15) is 4.79 Å². The third-order valence-electron chi connectivity index (χ3n) is 3.16. The second-order valence-corrected chi connectivity index (χ2v) is 4.70. The molecule has 2 rings (SSSR count). The maximum Gasteiger partial charge on any atom is 0.253 e. The SMILES string of the molecule is Cc1occc1CN(C)C(=O)c1ccc(C#CCO)cc1. The molecule has 1 N–H and O–H groups in total. The van der Waals surface area contributed by atoms with Crippen molar-refractivity contribution < 1.29 is 14.3 Å². The van der Waals surface area contributed by atoms with Gasteiger partial charge in [-0.3, -0.25) is 4.79 Å². The molecule has 0 unspecified atom stereocenters. The van der Waals surface area contributed by atoms with Crippen LogP contribution in [0.1, 0.15) is 27.2 Å². The summed E-state index contributed by atoms with van der Waals surface area (Å²) in [6.07, 6.45) is 1.62. The number of furan rings is 1. The molecule has 0 fully saturated rings. The van der Waals surface area contributed by atoms with Crippen molar-refractivity contribution in [3.05, 3.63) is 59.0 Å². The van der Waals surface area contributed by atoms with Gasteiger partial charge in [0, 0.05) is 30.3 Å². The second-order valence-electron chi connectivity index (χ2n) is 4.70. The Kier molecular flexibility index (Phi) is 4.81. The van der Waals surface area contributed by atoms with Crippen molar-refractivity contribution in [3.63, 3.8) is 0 Å². The summed E-state index contributed by atoms with van der Waals surface area (Å²) in [5, 5.41) is 8.65. The van der Waals surface area contributed by atoms with E-state index in [1.54, 1.807) is 42.5 Å². The smallest absolute Gasteiger partial charge is 0.253 e. The third kappa shape index (κ3) is 3.74. The highest BCUT2D eigenvalue weighted by atomic mass is 16.3. The fraction of sp³-hybridized carbons (Fsp3) is 0.235. The van der Waals surface area contributed by atoms with Crippen LogP contribution in [-0.2, 0) is 6.54 Å². The van der Waals surface area contributed by atoms with E-state index in [1.807, 2.05) is 13.0 Å². The summed E-state index contributed by atoms with van der Waals surface area (Å²) in [5.41, 5.74) is 2.37. The highest BCUT2D eigenvalue weighted by Crippen LogP contribution is 2.13. The molecule has 21 heavy (non-hydrogen) atoms. The van der Waals surface area contributed by atoms with Gasteiger partial charge in [-0.05, 0) is 37.3 Å². The zero-order valence-corrected chi connectivity index (χ0v) is 12.1. The number of amides is 1. The van der Waals surface area contributed by atoms with E-state index >= 15 is 0 Å². The van der Waals surface area contributed by atoms with Gasteiger partial charge in [0.1, 0.15) is 12.4 Å². The van der Waals surface area contributed by atoms with Crippen molar-refractivity contribution in [2.75, 3.05) is 13.7 Å². The van der Waals surface area contributed by atoms with E-state index in [1.165, 1.54) is 0 Å². The predicted octanol–water partition coefficient (Wildman–Crippen LogP) is 2.20. The Hall–Kier alpha value is -2.51. The average molecular weight is 283 g/mol. The minimum Gasteiger partial charge on any atom is -0.469 e. The number of aryl methyl sites for hydroxylation is 1. The summed E-state index contributed by atoms with van der Waals surface area (Å²) in [5.74, 6) is 6.13. The number of hydrogen-bond acceptors (Lipinski definition) is 3. The lowest BCUT2D eigenvalue weighted by molar-refractivity contribution is 0.0784. The largest absolute Gasteiger partial charge is 0.469 e.